The molecule has 0 radical (unpaired) electrons. The Kier molecular flexibility index (Phi) is 3.97. The normalized spacial score (nSPS) is 23.7. The molecule has 0 aliphatic carbocycles. The van der Waals surface area contributed by atoms with E-state index in [1.165, 1.54) is 0 Å². The molecule has 2 rings (SSSR count). The first-order valence-corrected chi connectivity index (χ1v) is 6.53. The lowest BCUT2D eigenvalue weighted by atomic mass is 9.95. The highest BCUT2D eigenvalue weighted by Gasteiger charge is 2.23. The van der Waals surface area contributed by atoms with E-state index in [0.717, 1.165) is 30.9 Å². The van der Waals surface area contributed by atoms with Gasteiger partial charge < -0.3 is 10.6 Å². The minimum Gasteiger partial charge on any atom is -0.349 e. The third-order valence-electron chi connectivity index (χ3n) is 3.57. The topological polar surface area (TPSA) is 54.0 Å². The number of piperidine rings is 1. The number of pyridine rings is 1. The Morgan fingerprint density at radius 3 is 2.89 bits per heavy atom. The Morgan fingerprint density at radius 2 is 2.22 bits per heavy atom. The van der Waals surface area contributed by atoms with Crippen LogP contribution in [0.1, 0.15) is 35.1 Å². The number of hydrogen-bond acceptors (Lipinski definition) is 3. The van der Waals surface area contributed by atoms with Crippen LogP contribution in [-0.2, 0) is 0 Å². The minimum absolute atomic E-state index is 0.00116. The molecule has 4 heteroatoms. The Hall–Kier alpha value is -1.42. The summed E-state index contributed by atoms with van der Waals surface area (Å²) in [7, 11) is 0. The van der Waals surface area contributed by atoms with Gasteiger partial charge in [-0.15, -0.1) is 0 Å². The SMILES string of the molecule is Cc1ccc(C(=O)NC2CCNCC2C)c(C)n1. The van der Waals surface area contributed by atoms with Crippen molar-refractivity contribution in [3.8, 4) is 0 Å². The van der Waals surface area contributed by atoms with Crippen LogP contribution in [0.3, 0.4) is 0 Å². The fourth-order valence-electron chi connectivity index (χ4n) is 2.40. The first-order valence-electron chi connectivity index (χ1n) is 6.53. The predicted molar refractivity (Wildman–Crippen MR) is 71.6 cm³/mol. The standard InChI is InChI=1S/C14H21N3O/c1-9-8-15-7-6-13(9)17-14(18)12-5-4-10(2)16-11(12)3/h4-5,9,13,15H,6-8H2,1-3H3,(H,17,18). The molecule has 0 saturated carbocycles. The van der Waals surface area contributed by atoms with Crippen molar-refractivity contribution in [3.63, 3.8) is 0 Å². The zero-order valence-corrected chi connectivity index (χ0v) is 11.3. The molecule has 2 unspecified atom stereocenters. The van der Waals surface area contributed by atoms with Crippen LogP contribution in [0.2, 0.25) is 0 Å². The molecule has 18 heavy (non-hydrogen) atoms. The molecule has 1 aliphatic heterocycles. The number of carbonyl (C=O) groups is 1. The first-order chi connectivity index (χ1) is 8.58. The summed E-state index contributed by atoms with van der Waals surface area (Å²) in [6, 6.07) is 4.01. The number of aryl methyl sites for hydroxylation is 2. The number of hydrogen-bond donors (Lipinski definition) is 2. The molecule has 2 N–H and O–H groups in total. The number of nitrogens with zero attached hydrogens (tertiary/aromatic N) is 1. The van der Waals surface area contributed by atoms with Crippen LogP contribution in [0, 0.1) is 19.8 Å². The molecule has 1 aliphatic rings. The fourth-order valence-corrected chi connectivity index (χ4v) is 2.40. The average Bonchev–Trinajstić information content (AvgIpc) is 2.32. The molecule has 2 heterocycles. The average molecular weight is 247 g/mol. The molecule has 1 aromatic heterocycles. The highest BCUT2D eigenvalue weighted by molar-refractivity contribution is 5.95. The van der Waals surface area contributed by atoms with Crippen molar-refractivity contribution in [1.29, 1.82) is 0 Å². The van der Waals surface area contributed by atoms with E-state index in [1.807, 2.05) is 26.0 Å². The van der Waals surface area contributed by atoms with Gasteiger partial charge >= 0.3 is 0 Å². The zero-order valence-electron chi connectivity index (χ0n) is 11.3. The van der Waals surface area contributed by atoms with E-state index in [1.54, 1.807) is 0 Å². The fraction of sp³-hybridized carbons (Fsp3) is 0.571. The molecule has 1 saturated heterocycles. The van der Waals surface area contributed by atoms with E-state index < -0.39 is 0 Å². The van der Waals surface area contributed by atoms with Crippen LogP contribution < -0.4 is 10.6 Å². The second-order valence-electron chi connectivity index (χ2n) is 5.14. The lowest BCUT2D eigenvalue weighted by Crippen LogP contribution is -2.48. The largest absolute Gasteiger partial charge is 0.349 e. The molecule has 1 amide bonds. The summed E-state index contributed by atoms with van der Waals surface area (Å²) in [5.74, 6) is 0.472. The van der Waals surface area contributed by atoms with Crippen LogP contribution in [0.5, 0.6) is 0 Å². The third-order valence-corrected chi connectivity index (χ3v) is 3.57. The van der Waals surface area contributed by atoms with Gasteiger partial charge in [0, 0.05) is 11.7 Å². The number of nitrogens with one attached hydrogen (secondary N) is 2. The highest BCUT2D eigenvalue weighted by Crippen LogP contribution is 2.12. The Morgan fingerprint density at radius 1 is 1.44 bits per heavy atom. The van der Waals surface area contributed by atoms with E-state index in [-0.39, 0.29) is 11.9 Å². The molecular formula is C14H21N3O. The second-order valence-corrected chi connectivity index (χ2v) is 5.14. The number of rotatable bonds is 2. The molecule has 1 aromatic rings. The van der Waals surface area contributed by atoms with E-state index >= 15 is 0 Å². The van der Waals surface area contributed by atoms with Gasteiger partial charge in [0.25, 0.3) is 5.91 Å². The minimum atomic E-state index is -0.00116. The van der Waals surface area contributed by atoms with Gasteiger partial charge in [0.15, 0.2) is 0 Å². The van der Waals surface area contributed by atoms with E-state index in [4.69, 9.17) is 0 Å². The van der Waals surface area contributed by atoms with Crippen molar-refractivity contribution in [2.45, 2.75) is 33.2 Å². The number of amides is 1. The summed E-state index contributed by atoms with van der Waals surface area (Å²) in [4.78, 5) is 16.6. The maximum absolute atomic E-state index is 12.2. The van der Waals surface area contributed by atoms with Gasteiger partial charge in [-0.3, -0.25) is 9.78 Å². The van der Waals surface area contributed by atoms with E-state index in [2.05, 4.69) is 22.5 Å². The Balaban J connectivity index is 2.07. The molecule has 1 fully saturated rings. The van der Waals surface area contributed by atoms with Crippen molar-refractivity contribution >= 4 is 5.91 Å². The van der Waals surface area contributed by atoms with Gasteiger partial charge in [0.05, 0.1) is 11.3 Å². The number of carbonyl (C=O) groups excluding carboxylic acids is 1. The summed E-state index contributed by atoms with van der Waals surface area (Å²) >= 11 is 0. The smallest absolute Gasteiger partial charge is 0.253 e. The molecule has 4 nitrogen and oxygen atoms in total. The van der Waals surface area contributed by atoms with Gasteiger partial charge in [-0.2, -0.15) is 0 Å². The summed E-state index contributed by atoms with van der Waals surface area (Å²) in [5.41, 5.74) is 2.43. The van der Waals surface area contributed by atoms with Crippen LogP contribution in [0.15, 0.2) is 12.1 Å². The predicted octanol–water partition coefficient (Wildman–Crippen LogP) is 1.43. The Labute approximate surface area is 108 Å². The van der Waals surface area contributed by atoms with Crippen molar-refractivity contribution in [2.24, 2.45) is 5.92 Å². The van der Waals surface area contributed by atoms with Gasteiger partial charge in [-0.1, -0.05) is 6.92 Å². The lowest BCUT2D eigenvalue weighted by molar-refractivity contribution is 0.0913. The monoisotopic (exact) mass is 247 g/mol. The summed E-state index contributed by atoms with van der Waals surface area (Å²) in [5, 5.41) is 6.46. The molecule has 98 valence electrons. The maximum Gasteiger partial charge on any atom is 0.253 e. The summed E-state index contributed by atoms with van der Waals surface area (Å²) in [6.45, 7) is 7.92. The molecule has 0 spiro atoms. The van der Waals surface area contributed by atoms with E-state index in [0.29, 0.717) is 11.5 Å². The van der Waals surface area contributed by atoms with Crippen LogP contribution in [0.4, 0.5) is 0 Å². The van der Waals surface area contributed by atoms with Gasteiger partial charge in [-0.05, 0) is 51.4 Å². The van der Waals surface area contributed by atoms with Crippen LogP contribution >= 0.6 is 0 Å². The van der Waals surface area contributed by atoms with Gasteiger partial charge in [0.1, 0.15) is 0 Å². The zero-order chi connectivity index (χ0) is 13.1. The van der Waals surface area contributed by atoms with Crippen LogP contribution in [-0.4, -0.2) is 30.0 Å². The summed E-state index contributed by atoms with van der Waals surface area (Å²) in [6.07, 6.45) is 0.991. The highest BCUT2D eigenvalue weighted by atomic mass is 16.1. The molecule has 0 aromatic carbocycles. The Bertz CT molecular complexity index is 445. The second kappa shape index (κ2) is 5.48. The maximum atomic E-state index is 12.2. The molecule has 2 atom stereocenters. The molecular weight excluding hydrogens is 226 g/mol. The first kappa shape index (κ1) is 13.0. The van der Waals surface area contributed by atoms with E-state index in [9.17, 15) is 4.79 Å². The van der Waals surface area contributed by atoms with Crippen LogP contribution in [0.25, 0.3) is 0 Å². The molecule has 0 bridgehead atoms. The van der Waals surface area contributed by atoms with Crippen molar-refractivity contribution in [3.05, 3.63) is 29.1 Å². The summed E-state index contributed by atoms with van der Waals surface area (Å²) < 4.78 is 0. The van der Waals surface area contributed by atoms with Gasteiger partial charge in [0.2, 0.25) is 0 Å². The number of aromatic nitrogens is 1. The quantitative estimate of drug-likeness (QED) is 0.831. The van der Waals surface area contributed by atoms with Crippen molar-refractivity contribution in [2.75, 3.05) is 13.1 Å². The van der Waals surface area contributed by atoms with Crippen molar-refractivity contribution < 1.29 is 4.79 Å². The third kappa shape index (κ3) is 2.88. The lowest BCUT2D eigenvalue weighted by Gasteiger charge is -2.30. The van der Waals surface area contributed by atoms with Gasteiger partial charge in [-0.25, -0.2) is 0 Å². The van der Waals surface area contributed by atoms with Crippen molar-refractivity contribution in [1.82, 2.24) is 15.6 Å².